The molecule has 0 radical (unpaired) electrons. The normalized spacial score (nSPS) is 13.0. The van der Waals surface area contributed by atoms with Gasteiger partial charge in [-0.2, -0.15) is 5.26 Å². The Morgan fingerprint density at radius 2 is 2.06 bits per heavy atom. The smallest absolute Gasteiger partial charge is 0.174 e. The third kappa shape index (κ3) is 7.17. The quantitative estimate of drug-likeness (QED) is 0.393. The molecular formula is C13H21BrN2O. The second kappa shape index (κ2) is 9.23. The Balaban J connectivity index is 4.36. The van der Waals surface area contributed by atoms with E-state index in [1.807, 2.05) is 24.8 Å². The van der Waals surface area contributed by atoms with Gasteiger partial charge >= 0.3 is 0 Å². The number of alkyl halides is 1. The fourth-order valence-electron chi connectivity index (χ4n) is 1.43. The molecule has 0 heterocycles. The summed E-state index contributed by atoms with van der Waals surface area (Å²) < 4.78 is 0. The van der Waals surface area contributed by atoms with Crippen molar-refractivity contribution in [2.24, 2.45) is 0 Å². The van der Waals surface area contributed by atoms with Gasteiger partial charge in [0.05, 0.1) is 0 Å². The summed E-state index contributed by atoms with van der Waals surface area (Å²) in [6, 6.07) is 2.00. The highest BCUT2D eigenvalue weighted by atomic mass is 79.9. The minimum absolute atomic E-state index is 0.0486. The maximum atomic E-state index is 11.8. The predicted molar refractivity (Wildman–Crippen MR) is 73.9 cm³/mol. The van der Waals surface area contributed by atoms with Crippen LogP contribution in [0.1, 0.15) is 40.0 Å². The van der Waals surface area contributed by atoms with Gasteiger partial charge in [0.15, 0.2) is 5.78 Å². The van der Waals surface area contributed by atoms with Gasteiger partial charge in [-0.05, 0) is 26.7 Å². The molecule has 0 spiro atoms. The average molecular weight is 301 g/mol. The molecule has 0 aliphatic heterocycles. The van der Waals surface area contributed by atoms with Crippen molar-refractivity contribution in [3.8, 4) is 6.07 Å². The molecule has 0 aliphatic carbocycles. The van der Waals surface area contributed by atoms with E-state index in [0.29, 0.717) is 11.2 Å². The van der Waals surface area contributed by atoms with E-state index in [1.165, 1.54) is 0 Å². The summed E-state index contributed by atoms with van der Waals surface area (Å²) in [7, 11) is 0. The van der Waals surface area contributed by atoms with E-state index >= 15 is 0 Å². The summed E-state index contributed by atoms with van der Waals surface area (Å²) in [5.41, 5.74) is 0.274. The van der Waals surface area contributed by atoms with Crippen LogP contribution in [0.3, 0.4) is 0 Å². The number of halogens is 1. The Hall–Kier alpha value is -0.820. The summed E-state index contributed by atoms with van der Waals surface area (Å²) >= 11 is 3.44. The molecule has 1 unspecified atom stereocenters. The van der Waals surface area contributed by atoms with Gasteiger partial charge in [-0.3, -0.25) is 4.79 Å². The van der Waals surface area contributed by atoms with E-state index < -0.39 is 0 Å². The molecule has 0 bridgehead atoms. The summed E-state index contributed by atoms with van der Waals surface area (Å²) in [6.07, 6.45) is 3.91. The molecule has 0 saturated heterocycles. The summed E-state index contributed by atoms with van der Waals surface area (Å²) in [5, 5.41) is 8.97. The maximum Gasteiger partial charge on any atom is 0.174 e. The Morgan fingerprint density at radius 1 is 1.47 bits per heavy atom. The van der Waals surface area contributed by atoms with Gasteiger partial charge in [0.25, 0.3) is 0 Å². The number of Topliss-reactive ketones (excluding diaryl/α,β-unsaturated/α-hetero) is 1. The molecule has 96 valence electrons. The van der Waals surface area contributed by atoms with Crippen molar-refractivity contribution < 1.29 is 4.79 Å². The Kier molecular flexibility index (Phi) is 8.79. The minimum Gasteiger partial charge on any atom is -0.377 e. The molecular weight excluding hydrogens is 280 g/mol. The average Bonchev–Trinajstić information content (AvgIpc) is 2.30. The highest BCUT2D eigenvalue weighted by molar-refractivity contribution is 9.09. The van der Waals surface area contributed by atoms with E-state index in [1.54, 1.807) is 6.20 Å². The number of rotatable bonds is 8. The van der Waals surface area contributed by atoms with Gasteiger partial charge in [0.1, 0.15) is 11.6 Å². The first kappa shape index (κ1) is 16.2. The first-order valence-electron chi connectivity index (χ1n) is 6.08. The summed E-state index contributed by atoms with van der Waals surface area (Å²) in [4.78, 5) is 14.2. The second-order valence-corrected chi connectivity index (χ2v) is 5.54. The molecule has 0 aromatic heterocycles. The number of hydrogen-bond acceptors (Lipinski definition) is 3. The fraction of sp³-hybridized carbons (Fsp3) is 0.692. The second-order valence-electron chi connectivity index (χ2n) is 3.97. The Morgan fingerprint density at radius 3 is 2.47 bits per heavy atom. The van der Waals surface area contributed by atoms with E-state index in [-0.39, 0.29) is 11.4 Å². The standard InChI is InChI=1S/C13H21BrN2O/c1-4-16(5-2)10-12(9-15)13(17)8-6-7-11(3)14/h10-11H,4-8H2,1-3H3. The molecule has 0 rings (SSSR count). The van der Waals surface area contributed by atoms with Crippen LogP contribution in [0.15, 0.2) is 11.8 Å². The van der Waals surface area contributed by atoms with E-state index in [2.05, 4.69) is 22.9 Å². The van der Waals surface area contributed by atoms with Gasteiger partial charge in [-0.15, -0.1) is 0 Å². The lowest BCUT2D eigenvalue weighted by molar-refractivity contribution is -0.115. The van der Waals surface area contributed by atoms with Crippen molar-refractivity contribution in [2.75, 3.05) is 13.1 Å². The van der Waals surface area contributed by atoms with Crippen molar-refractivity contribution in [2.45, 2.75) is 44.9 Å². The molecule has 3 nitrogen and oxygen atoms in total. The zero-order valence-corrected chi connectivity index (χ0v) is 12.5. The first-order chi connectivity index (χ1) is 8.04. The molecule has 0 fully saturated rings. The van der Waals surface area contributed by atoms with Crippen LogP contribution < -0.4 is 0 Å². The molecule has 4 heteroatoms. The summed E-state index contributed by atoms with van der Waals surface area (Å²) in [5.74, 6) is -0.0486. The SMILES string of the molecule is CCN(C=C(C#N)C(=O)CCCC(C)Br)CC. The van der Waals surface area contributed by atoms with Crippen molar-refractivity contribution in [3.05, 3.63) is 11.8 Å². The van der Waals surface area contributed by atoms with Crippen LogP contribution in [0, 0.1) is 11.3 Å². The molecule has 1 atom stereocenters. The van der Waals surface area contributed by atoms with Gasteiger partial charge in [0, 0.05) is 30.5 Å². The highest BCUT2D eigenvalue weighted by Crippen LogP contribution is 2.11. The minimum atomic E-state index is -0.0486. The van der Waals surface area contributed by atoms with Gasteiger partial charge in [-0.1, -0.05) is 22.9 Å². The van der Waals surface area contributed by atoms with Crippen LogP contribution in [-0.2, 0) is 4.79 Å². The lowest BCUT2D eigenvalue weighted by atomic mass is 10.1. The number of ketones is 1. The molecule has 17 heavy (non-hydrogen) atoms. The maximum absolute atomic E-state index is 11.8. The third-order valence-corrected chi connectivity index (χ3v) is 3.01. The third-order valence-electron chi connectivity index (χ3n) is 2.55. The van der Waals surface area contributed by atoms with Gasteiger partial charge < -0.3 is 4.90 Å². The largest absolute Gasteiger partial charge is 0.377 e. The topological polar surface area (TPSA) is 44.1 Å². The van der Waals surface area contributed by atoms with E-state index in [0.717, 1.165) is 25.9 Å². The zero-order valence-electron chi connectivity index (χ0n) is 10.9. The molecule has 0 amide bonds. The van der Waals surface area contributed by atoms with Crippen LogP contribution in [0.25, 0.3) is 0 Å². The Labute approximate surface area is 113 Å². The first-order valence-corrected chi connectivity index (χ1v) is 6.99. The number of nitriles is 1. The van der Waals surface area contributed by atoms with Gasteiger partial charge in [0.2, 0.25) is 0 Å². The zero-order chi connectivity index (χ0) is 13.3. The molecule has 0 N–H and O–H groups in total. The number of allylic oxidation sites excluding steroid dienone is 1. The van der Waals surface area contributed by atoms with E-state index in [9.17, 15) is 4.79 Å². The number of hydrogen-bond donors (Lipinski definition) is 0. The number of nitrogens with zero attached hydrogens (tertiary/aromatic N) is 2. The summed E-state index contributed by atoms with van der Waals surface area (Å²) in [6.45, 7) is 7.69. The molecule has 0 aromatic rings. The lowest BCUT2D eigenvalue weighted by Gasteiger charge is -2.15. The number of carbonyl (C=O) groups is 1. The lowest BCUT2D eigenvalue weighted by Crippen LogP contribution is -2.18. The fourth-order valence-corrected chi connectivity index (χ4v) is 1.75. The van der Waals surface area contributed by atoms with Crippen molar-refractivity contribution in [1.29, 1.82) is 5.26 Å². The van der Waals surface area contributed by atoms with Gasteiger partial charge in [-0.25, -0.2) is 0 Å². The van der Waals surface area contributed by atoms with Crippen molar-refractivity contribution in [3.63, 3.8) is 0 Å². The monoisotopic (exact) mass is 300 g/mol. The molecule has 0 aromatic carbocycles. The highest BCUT2D eigenvalue weighted by Gasteiger charge is 2.10. The molecule has 0 aliphatic rings. The van der Waals surface area contributed by atoms with Crippen LogP contribution >= 0.6 is 15.9 Å². The van der Waals surface area contributed by atoms with Crippen LogP contribution in [0.4, 0.5) is 0 Å². The van der Waals surface area contributed by atoms with Crippen LogP contribution in [0.5, 0.6) is 0 Å². The predicted octanol–water partition coefficient (Wildman–Crippen LogP) is 3.26. The van der Waals surface area contributed by atoms with E-state index in [4.69, 9.17) is 5.26 Å². The number of carbonyl (C=O) groups excluding carboxylic acids is 1. The van der Waals surface area contributed by atoms with Crippen molar-refractivity contribution in [1.82, 2.24) is 4.90 Å². The molecule has 0 saturated carbocycles. The van der Waals surface area contributed by atoms with Crippen LogP contribution in [-0.4, -0.2) is 28.6 Å². The van der Waals surface area contributed by atoms with Crippen LogP contribution in [0.2, 0.25) is 0 Å². The Bertz CT molecular complexity index is 301. The van der Waals surface area contributed by atoms with Crippen molar-refractivity contribution >= 4 is 21.7 Å².